The van der Waals surface area contributed by atoms with Crippen molar-refractivity contribution < 1.29 is 0 Å². The molecule has 0 spiro atoms. The van der Waals surface area contributed by atoms with Gasteiger partial charge in [-0.3, -0.25) is 0 Å². The van der Waals surface area contributed by atoms with E-state index in [1.807, 2.05) is 6.20 Å². The zero-order valence-corrected chi connectivity index (χ0v) is 11.2. The zero-order valence-electron chi connectivity index (χ0n) is 11.2. The molecule has 1 fully saturated rings. The predicted octanol–water partition coefficient (Wildman–Crippen LogP) is 2.61. The summed E-state index contributed by atoms with van der Waals surface area (Å²) in [5.74, 6) is 2.11. The molecular formula is C14H25N3. The van der Waals surface area contributed by atoms with Crippen LogP contribution in [0.15, 0.2) is 12.4 Å². The first-order valence-corrected chi connectivity index (χ1v) is 7.03. The van der Waals surface area contributed by atoms with E-state index in [4.69, 9.17) is 0 Å². The first-order valence-electron chi connectivity index (χ1n) is 7.03. The Balaban J connectivity index is 1.79. The molecular weight excluding hydrogens is 210 g/mol. The summed E-state index contributed by atoms with van der Waals surface area (Å²) < 4.78 is 2.30. The number of nitrogens with zero attached hydrogens (tertiary/aromatic N) is 2. The van der Waals surface area contributed by atoms with Gasteiger partial charge in [0.15, 0.2) is 0 Å². The summed E-state index contributed by atoms with van der Waals surface area (Å²) in [5, 5.41) is 3.57. The second-order valence-electron chi connectivity index (χ2n) is 5.33. The fourth-order valence-electron chi connectivity index (χ4n) is 2.65. The van der Waals surface area contributed by atoms with Crippen molar-refractivity contribution in [3.8, 4) is 0 Å². The highest BCUT2D eigenvalue weighted by Crippen LogP contribution is 2.19. The van der Waals surface area contributed by atoms with E-state index in [1.54, 1.807) is 0 Å². The lowest BCUT2D eigenvalue weighted by atomic mass is 9.91. The second-order valence-corrected chi connectivity index (χ2v) is 5.33. The maximum Gasteiger partial charge on any atom is 0.108 e. The molecule has 1 aliphatic rings. The van der Waals surface area contributed by atoms with E-state index < -0.39 is 0 Å². The van der Waals surface area contributed by atoms with Crippen molar-refractivity contribution in [3.63, 3.8) is 0 Å². The average molecular weight is 235 g/mol. The van der Waals surface area contributed by atoms with E-state index in [9.17, 15) is 0 Å². The number of aryl methyl sites for hydroxylation is 2. The number of hydrogen-bond acceptors (Lipinski definition) is 2. The number of nitrogens with one attached hydrogen (secondary N) is 1. The quantitative estimate of drug-likeness (QED) is 0.850. The molecule has 96 valence electrons. The van der Waals surface area contributed by atoms with Crippen LogP contribution in [0.3, 0.4) is 0 Å². The van der Waals surface area contributed by atoms with Crippen molar-refractivity contribution in [2.75, 3.05) is 6.54 Å². The minimum Gasteiger partial charge on any atom is -0.335 e. The van der Waals surface area contributed by atoms with Gasteiger partial charge in [0.05, 0.1) is 0 Å². The largest absolute Gasteiger partial charge is 0.335 e. The van der Waals surface area contributed by atoms with Crippen molar-refractivity contribution in [1.82, 2.24) is 14.9 Å². The third kappa shape index (κ3) is 3.56. The molecule has 0 aromatic carbocycles. The van der Waals surface area contributed by atoms with Gasteiger partial charge in [0, 0.05) is 31.4 Å². The van der Waals surface area contributed by atoms with Gasteiger partial charge in [0.2, 0.25) is 0 Å². The smallest absolute Gasteiger partial charge is 0.108 e. The van der Waals surface area contributed by atoms with Crippen LogP contribution in [-0.4, -0.2) is 22.1 Å². The van der Waals surface area contributed by atoms with E-state index in [-0.39, 0.29) is 0 Å². The Morgan fingerprint density at radius 2 is 2.35 bits per heavy atom. The summed E-state index contributed by atoms with van der Waals surface area (Å²) in [6, 6.07) is 0.716. The molecule has 0 amide bonds. The highest BCUT2D eigenvalue weighted by Gasteiger charge is 2.17. The van der Waals surface area contributed by atoms with Gasteiger partial charge in [-0.1, -0.05) is 6.92 Å². The molecule has 0 bridgehead atoms. The fraction of sp³-hybridized carbons (Fsp3) is 0.786. The van der Waals surface area contributed by atoms with Crippen LogP contribution < -0.4 is 5.32 Å². The Morgan fingerprint density at radius 1 is 1.47 bits per heavy atom. The van der Waals surface area contributed by atoms with Crippen LogP contribution in [0.1, 0.15) is 45.4 Å². The van der Waals surface area contributed by atoms with Crippen LogP contribution >= 0.6 is 0 Å². The summed E-state index contributed by atoms with van der Waals surface area (Å²) in [7, 11) is 0. The Bertz CT molecular complexity index is 324. The lowest BCUT2D eigenvalue weighted by molar-refractivity contribution is 0.307. The third-order valence-electron chi connectivity index (χ3n) is 3.81. The van der Waals surface area contributed by atoms with E-state index in [0.29, 0.717) is 6.04 Å². The average Bonchev–Trinajstić information content (AvgIpc) is 2.77. The summed E-state index contributed by atoms with van der Waals surface area (Å²) in [4.78, 5) is 4.48. The standard InChI is InChI=1S/C14H25N3/c1-3-9-17-10-8-15-14(17)7-6-13-5-4-12(2)16-11-13/h8,10,12-13,16H,3-7,9,11H2,1-2H3. The molecule has 0 aliphatic carbocycles. The van der Waals surface area contributed by atoms with Crippen molar-refractivity contribution in [2.24, 2.45) is 5.92 Å². The molecule has 1 aromatic heterocycles. The summed E-state index contributed by atoms with van der Waals surface area (Å²) >= 11 is 0. The van der Waals surface area contributed by atoms with E-state index in [1.165, 1.54) is 38.1 Å². The minimum absolute atomic E-state index is 0.716. The molecule has 1 N–H and O–H groups in total. The van der Waals surface area contributed by atoms with Gasteiger partial charge >= 0.3 is 0 Å². The van der Waals surface area contributed by atoms with Crippen LogP contribution in [-0.2, 0) is 13.0 Å². The molecule has 3 nitrogen and oxygen atoms in total. The third-order valence-corrected chi connectivity index (χ3v) is 3.81. The number of hydrogen-bond donors (Lipinski definition) is 1. The Labute approximate surface area is 105 Å². The molecule has 2 heterocycles. The van der Waals surface area contributed by atoms with Gasteiger partial charge in [-0.15, -0.1) is 0 Å². The monoisotopic (exact) mass is 235 g/mol. The normalized spacial score (nSPS) is 25.1. The Kier molecular flexibility index (Phi) is 4.60. The van der Waals surface area contributed by atoms with Crippen LogP contribution in [0.5, 0.6) is 0 Å². The second kappa shape index (κ2) is 6.20. The zero-order chi connectivity index (χ0) is 12.1. The molecule has 2 rings (SSSR count). The van der Waals surface area contributed by atoms with Crippen LogP contribution in [0.25, 0.3) is 0 Å². The van der Waals surface area contributed by atoms with Gasteiger partial charge in [0.1, 0.15) is 5.82 Å². The van der Waals surface area contributed by atoms with Gasteiger partial charge in [-0.25, -0.2) is 4.98 Å². The molecule has 0 radical (unpaired) electrons. The highest BCUT2D eigenvalue weighted by atomic mass is 15.1. The minimum atomic E-state index is 0.716. The predicted molar refractivity (Wildman–Crippen MR) is 71.0 cm³/mol. The van der Waals surface area contributed by atoms with E-state index >= 15 is 0 Å². The van der Waals surface area contributed by atoms with Gasteiger partial charge in [-0.05, 0) is 45.1 Å². The molecule has 1 aromatic rings. The van der Waals surface area contributed by atoms with Crippen LogP contribution in [0, 0.1) is 5.92 Å². The first kappa shape index (κ1) is 12.6. The van der Waals surface area contributed by atoms with Crippen molar-refractivity contribution >= 4 is 0 Å². The topological polar surface area (TPSA) is 29.9 Å². The SMILES string of the molecule is CCCn1ccnc1CCC1CCC(C)NC1. The van der Waals surface area contributed by atoms with E-state index in [0.717, 1.165) is 18.9 Å². The van der Waals surface area contributed by atoms with Crippen LogP contribution in [0.4, 0.5) is 0 Å². The Hall–Kier alpha value is -0.830. The summed E-state index contributed by atoms with van der Waals surface area (Å²) in [5.41, 5.74) is 0. The molecule has 1 saturated heterocycles. The maximum atomic E-state index is 4.48. The van der Waals surface area contributed by atoms with Crippen LogP contribution in [0.2, 0.25) is 0 Å². The summed E-state index contributed by atoms with van der Waals surface area (Å²) in [6.45, 7) is 6.80. The molecule has 3 heteroatoms. The van der Waals surface area contributed by atoms with Crippen molar-refractivity contribution in [2.45, 2.75) is 58.5 Å². The molecule has 1 aliphatic heterocycles. The summed E-state index contributed by atoms with van der Waals surface area (Å²) in [6.07, 6.45) is 10.4. The molecule has 2 atom stereocenters. The fourth-order valence-corrected chi connectivity index (χ4v) is 2.65. The lowest BCUT2D eigenvalue weighted by Gasteiger charge is -2.27. The molecule has 0 saturated carbocycles. The lowest BCUT2D eigenvalue weighted by Crippen LogP contribution is -2.37. The number of rotatable bonds is 5. The molecule has 17 heavy (non-hydrogen) atoms. The Morgan fingerprint density at radius 3 is 3.06 bits per heavy atom. The molecule has 2 unspecified atom stereocenters. The van der Waals surface area contributed by atoms with Gasteiger partial charge in [-0.2, -0.15) is 0 Å². The van der Waals surface area contributed by atoms with Crippen molar-refractivity contribution in [1.29, 1.82) is 0 Å². The van der Waals surface area contributed by atoms with E-state index in [2.05, 4.69) is 34.9 Å². The number of aromatic nitrogens is 2. The van der Waals surface area contributed by atoms with Gasteiger partial charge < -0.3 is 9.88 Å². The van der Waals surface area contributed by atoms with Gasteiger partial charge in [0.25, 0.3) is 0 Å². The maximum absolute atomic E-state index is 4.48. The number of piperidine rings is 1. The first-order chi connectivity index (χ1) is 8.29. The highest BCUT2D eigenvalue weighted by molar-refractivity contribution is 4.93. The number of imidazole rings is 1. The van der Waals surface area contributed by atoms with Crippen molar-refractivity contribution in [3.05, 3.63) is 18.2 Å².